The maximum Gasteiger partial charge on any atom is 0.300 e. The molecule has 2 fully saturated rings. The van der Waals surface area contributed by atoms with Gasteiger partial charge in [0.15, 0.2) is 5.58 Å². The lowest BCUT2D eigenvalue weighted by atomic mass is 10.1. The van der Waals surface area contributed by atoms with E-state index in [-0.39, 0.29) is 5.92 Å². The standard InChI is InChI=1S/C17H22N4O2/c1-12-6-7-14-15(18-12)19-17(23-14)21-10-8-20(9-11-21)16(22)13-4-2-3-5-13/h6-7,13H,2-5,8-11H2,1H3. The molecule has 0 unspecified atom stereocenters. The second-order valence-corrected chi connectivity index (χ2v) is 6.56. The van der Waals surface area contributed by atoms with Crippen LogP contribution in [0.2, 0.25) is 0 Å². The van der Waals surface area contributed by atoms with E-state index in [0.717, 1.165) is 50.3 Å². The third-order valence-corrected chi connectivity index (χ3v) is 4.95. The van der Waals surface area contributed by atoms with Crippen molar-refractivity contribution < 1.29 is 9.21 Å². The number of rotatable bonds is 2. The molecule has 2 aliphatic rings. The molecule has 122 valence electrons. The Bertz CT molecular complexity index is 712. The molecule has 1 saturated heterocycles. The summed E-state index contributed by atoms with van der Waals surface area (Å²) in [5.41, 5.74) is 2.31. The Morgan fingerprint density at radius 3 is 2.61 bits per heavy atom. The van der Waals surface area contributed by atoms with Crippen LogP contribution < -0.4 is 4.90 Å². The monoisotopic (exact) mass is 314 g/mol. The van der Waals surface area contributed by atoms with Crippen LogP contribution in [0.15, 0.2) is 16.5 Å². The van der Waals surface area contributed by atoms with E-state index in [2.05, 4.69) is 14.9 Å². The second kappa shape index (κ2) is 5.83. The van der Waals surface area contributed by atoms with Crippen molar-refractivity contribution in [2.45, 2.75) is 32.6 Å². The van der Waals surface area contributed by atoms with Gasteiger partial charge in [0, 0.05) is 37.8 Å². The zero-order valence-corrected chi connectivity index (χ0v) is 13.5. The SMILES string of the molecule is Cc1ccc2oc(N3CCN(C(=O)C4CCCC4)CC3)nc2n1. The first-order valence-corrected chi connectivity index (χ1v) is 8.48. The summed E-state index contributed by atoms with van der Waals surface area (Å²) in [5.74, 6) is 0.607. The van der Waals surface area contributed by atoms with Gasteiger partial charge in [0.2, 0.25) is 11.6 Å². The van der Waals surface area contributed by atoms with Crippen molar-refractivity contribution in [2.24, 2.45) is 5.92 Å². The Hall–Kier alpha value is -2.11. The third-order valence-electron chi connectivity index (χ3n) is 4.95. The number of aryl methyl sites for hydroxylation is 1. The Morgan fingerprint density at radius 1 is 1.13 bits per heavy atom. The Kier molecular flexibility index (Phi) is 3.67. The van der Waals surface area contributed by atoms with Crippen LogP contribution >= 0.6 is 0 Å². The molecule has 6 heteroatoms. The van der Waals surface area contributed by atoms with E-state index in [1.54, 1.807) is 0 Å². The Labute approximate surface area is 135 Å². The van der Waals surface area contributed by atoms with Gasteiger partial charge < -0.3 is 14.2 Å². The van der Waals surface area contributed by atoms with E-state index in [9.17, 15) is 4.79 Å². The number of hydrogen-bond donors (Lipinski definition) is 0. The minimum Gasteiger partial charge on any atom is -0.422 e. The number of carbonyl (C=O) groups excluding carboxylic acids is 1. The zero-order chi connectivity index (χ0) is 15.8. The normalized spacial score (nSPS) is 19.7. The van der Waals surface area contributed by atoms with Crippen molar-refractivity contribution in [3.63, 3.8) is 0 Å². The molecule has 2 aromatic heterocycles. The Balaban J connectivity index is 1.43. The highest BCUT2D eigenvalue weighted by Gasteiger charge is 2.30. The molecule has 6 nitrogen and oxygen atoms in total. The average molecular weight is 314 g/mol. The number of hydrogen-bond acceptors (Lipinski definition) is 5. The molecule has 0 radical (unpaired) electrons. The number of amides is 1. The number of aromatic nitrogens is 2. The summed E-state index contributed by atoms with van der Waals surface area (Å²) in [7, 11) is 0. The van der Waals surface area contributed by atoms with Crippen molar-refractivity contribution in [1.29, 1.82) is 0 Å². The van der Waals surface area contributed by atoms with Crippen molar-refractivity contribution in [3.8, 4) is 0 Å². The fourth-order valence-corrected chi connectivity index (χ4v) is 3.59. The van der Waals surface area contributed by atoms with E-state index >= 15 is 0 Å². The first-order valence-electron chi connectivity index (χ1n) is 8.48. The topological polar surface area (TPSA) is 62.5 Å². The molecular formula is C17H22N4O2. The van der Waals surface area contributed by atoms with Gasteiger partial charge in [-0.3, -0.25) is 4.79 Å². The van der Waals surface area contributed by atoms with Gasteiger partial charge >= 0.3 is 0 Å². The largest absolute Gasteiger partial charge is 0.422 e. The molecule has 0 spiro atoms. The summed E-state index contributed by atoms with van der Waals surface area (Å²) in [5, 5.41) is 0. The third kappa shape index (κ3) is 2.78. The number of carbonyl (C=O) groups is 1. The predicted octanol–water partition coefficient (Wildman–Crippen LogP) is 2.37. The van der Waals surface area contributed by atoms with Crippen molar-refractivity contribution in [2.75, 3.05) is 31.1 Å². The molecule has 0 bridgehead atoms. The van der Waals surface area contributed by atoms with Crippen LogP contribution in [0, 0.1) is 12.8 Å². The highest BCUT2D eigenvalue weighted by atomic mass is 16.4. The number of piperazine rings is 1. The summed E-state index contributed by atoms with van der Waals surface area (Å²) in [4.78, 5) is 25.5. The van der Waals surface area contributed by atoms with Gasteiger partial charge in [0.25, 0.3) is 6.01 Å². The van der Waals surface area contributed by atoms with E-state index < -0.39 is 0 Å². The molecule has 0 aromatic carbocycles. The molecule has 2 aromatic rings. The molecule has 1 saturated carbocycles. The van der Waals surface area contributed by atoms with Gasteiger partial charge in [-0.15, -0.1) is 0 Å². The van der Waals surface area contributed by atoms with Gasteiger partial charge in [-0.2, -0.15) is 4.98 Å². The van der Waals surface area contributed by atoms with E-state index in [4.69, 9.17) is 4.42 Å². The van der Waals surface area contributed by atoms with Crippen LogP contribution in [0.3, 0.4) is 0 Å². The van der Waals surface area contributed by atoms with E-state index in [1.165, 1.54) is 12.8 Å². The molecular weight excluding hydrogens is 292 g/mol. The highest BCUT2D eigenvalue weighted by Crippen LogP contribution is 2.27. The molecule has 0 atom stereocenters. The number of anilines is 1. The van der Waals surface area contributed by atoms with Gasteiger partial charge in [-0.05, 0) is 31.9 Å². The first-order chi connectivity index (χ1) is 11.2. The molecule has 4 rings (SSSR count). The second-order valence-electron chi connectivity index (χ2n) is 6.56. The quantitative estimate of drug-likeness (QED) is 0.851. The van der Waals surface area contributed by atoms with Gasteiger partial charge in [0.1, 0.15) is 0 Å². The lowest BCUT2D eigenvalue weighted by Crippen LogP contribution is -2.50. The first kappa shape index (κ1) is 14.5. The van der Waals surface area contributed by atoms with Crippen LogP contribution in [0.1, 0.15) is 31.4 Å². The number of fused-ring (bicyclic) bond motifs is 1. The summed E-state index contributed by atoms with van der Waals surface area (Å²) in [6, 6.07) is 4.45. The van der Waals surface area contributed by atoms with E-state index in [0.29, 0.717) is 17.6 Å². The van der Waals surface area contributed by atoms with Crippen LogP contribution in [0.25, 0.3) is 11.2 Å². The number of pyridine rings is 1. The lowest BCUT2D eigenvalue weighted by Gasteiger charge is -2.35. The molecule has 0 N–H and O–H groups in total. The Morgan fingerprint density at radius 2 is 1.87 bits per heavy atom. The summed E-state index contributed by atoms with van der Waals surface area (Å²) in [6.45, 7) is 4.98. The lowest BCUT2D eigenvalue weighted by molar-refractivity contribution is -0.135. The van der Waals surface area contributed by atoms with Gasteiger partial charge in [0.05, 0.1) is 0 Å². The highest BCUT2D eigenvalue weighted by molar-refractivity contribution is 5.79. The number of nitrogens with zero attached hydrogens (tertiary/aromatic N) is 4. The van der Waals surface area contributed by atoms with Crippen molar-refractivity contribution in [1.82, 2.24) is 14.9 Å². The minimum absolute atomic E-state index is 0.262. The maximum absolute atomic E-state index is 12.5. The van der Waals surface area contributed by atoms with Crippen LogP contribution in [-0.4, -0.2) is 47.0 Å². The van der Waals surface area contributed by atoms with Gasteiger partial charge in [-0.25, -0.2) is 4.98 Å². The van der Waals surface area contributed by atoms with Crippen molar-refractivity contribution in [3.05, 3.63) is 17.8 Å². The van der Waals surface area contributed by atoms with Gasteiger partial charge in [-0.1, -0.05) is 12.8 Å². The van der Waals surface area contributed by atoms with E-state index in [1.807, 2.05) is 24.0 Å². The predicted molar refractivity (Wildman–Crippen MR) is 87.3 cm³/mol. The number of oxazole rings is 1. The fraction of sp³-hybridized carbons (Fsp3) is 0.588. The van der Waals surface area contributed by atoms with Crippen LogP contribution in [0.4, 0.5) is 6.01 Å². The summed E-state index contributed by atoms with van der Waals surface area (Å²) >= 11 is 0. The zero-order valence-electron chi connectivity index (χ0n) is 13.5. The molecule has 23 heavy (non-hydrogen) atoms. The van der Waals surface area contributed by atoms with Crippen LogP contribution in [0.5, 0.6) is 0 Å². The fourth-order valence-electron chi connectivity index (χ4n) is 3.59. The average Bonchev–Trinajstić information content (AvgIpc) is 3.23. The van der Waals surface area contributed by atoms with Crippen molar-refractivity contribution >= 4 is 23.2 Å². The molecule has 1 amide bonds. The maximum atomic E-state index is 12.5. The molecule has 1 aliphatic carbocycles. The summed E-state index contributed by atoms with van der Waals surface area (Å²) < 4.78 is 5.81. The smallest absolute Gasteiger partial charge is 0.300 e. The molecule has 1 aliphatic heterocycles. The summed E-state index contributed by atoms with van der Waals surface area (Å²) in [6.07, 6.45) is 4.53. The van der Waals surface area contributed by atoms with Crippen LogP contribution in [-0.2, 0) is 4.79 Å². The molecule has 3 heterocycles. The minimum atomic E-state index is 0.262.